The minimum atomic E-state index is -2.03. The summed E-state index contributed by atoms with van der Waals surface area (Å²) in [7, 11) is 0. The normalized spacial score (nSPS) is 19.1. The number of amides is 3. The average Bonchev–Trinajstić information content (AvgIpc) is 2.58. The van der Waals surface area contributed by atoms with Crippen LogP contribution in [0.3, 0.4) is 0 Å². The van der Waals surface area contributed by atoms with Crippen molar-refractivity contribution in [3.63, 3.8) is 0 Å². The van der Waals surface area contributed by atoms with Gasteiger partial charge in [0.05, 0.1) is 5.33 Å². The molecule has 0 aromatic carbocycles. The summed E-state index contributed by atoms with van der Waals surface area (Å²) in [6, 6.07) is 0. The van der Waals surface area contributed by atoms with E-state index in [2.05, 4.69) is 21.2 Å². The van der Waals surface area contributed by atoms with Crippen LogP contribution in [0.2, 0.25) is 0 Å². The van der Waals surface area contributed by atoms with Crippen molar-refractivity contribution in [1.29, 1.82) is 0 Å². The van der Waals surface area contributed by atoms with Gasteiger partial charge in [0, 0.05) is 12.8 Å². The molecular formula is C9H11BrN2O5. The largest absolute Gasteiger partial charge is 0.478 e. The topological polar surface area (TPSA) is 104 Å². The Bertz CT molecular complexity index is 381. The Hall–Kier alpha value is -1.44. The highest BCUT2D eigenvalue weighted by atomic mass is 79.9. The summed E-state index contributed by atoms with van der Waals surface area (Å²) >= 11 is 2.86. The second-order valence-electron chi connectivity index (χ2n) is 3.68. The van der Waals surface area contributed by atoms with E-state index < -0.39 is 29.4 Å². The molecule has 0 aromatic heterocycles. The van der Waals surface area contributed by atoms with Crippen LogP contribution in [0.4, 0.5) is 0 Å². The van der Waals surface area contributed by atoms with Crippen LogP contribution >= 0.6 is 15.9 Å². The van der Waals surface area contributed by atoms with Gasteiger partial charge < -0.3 is 10.4 Å². The number of imide groups is 1. The number of halogens is 1. The van der Waals surface area contributed by atoms with Crippen LogP contribution in [-0.2, 0) is 19.2 Å². The number of nitrogens with one attached hydrogen (secondary N) is 1. The van der Waals surface area contributed by atoms with Crippen molar-refractivity contribution in [2.75, 3.05) is 5.33 Å². The number of alkyl halides is 1. The fourth-order valence-electron chi connectivity index (χ4n) is 1.59. The summed E-state index contributed by atoms with van der Waals surface area (Å²) in [5.74, 6) is -3.29. The van der Waals surface area contributed by atoms with Gasteiger partial charge in [-0.2, -0.15) is 0 Å². The molecule has 1 fully saturated rings. The fourth-order valence-corrected chi connectivity index (χ4v) is 1.73. The molecule has 0 aromatic rings. The van der Waals surface area contributed by atoms with E-state index in [4.69, 9.17) is 5.11 Å². The zero-order valence-corrected chi connectivity index (χ0v) is 10.6. The predicted molar refractivity (Wildman–Crippen MR) is 59.1 cm³/mol. The molecule has 0 unspecified atom stereocenters. The molecule has 1 heterocycles. The summed E-state index contributed by atoms with van der Waals surface area (Å²) < 4.78 is 0. The standard InChI is InChI=1S/C9H11BrN2O5/c1-9(8(16)17,11-5(13)4-10)12-6(14)2-3-7(12)15/h2-4H2,1H3,(H,11,13)(H,16,17)/t9-/m0/s1. The Kier molecular flexibility index (Phi) is 3.87. The summed E-state index contributed by atoms with van der Waals surface area (Å²) in [6.07, 6.45) is -0.0717. The van der Waals surface area contributed by atoms with Crippen LogP contribution in [0.5, 0.6) is 0 Å². The lowest BCUT2D eigenvalue weighted by Crippen LogP contribution is -2.65. The molecule has 7 nitrogen and oxygen atoms in total. The maximum atomic E-state index is 11.5. The van der Waals surface area contributed by atoms with E-state index in [9.17, 15) is 19.2 Å². The Balaban J connectivity index is 3.07. The monoisotopic (exact) mass is 306 g/mol. The minimum Gasteiger partial charge on any atom is -0.478 e. The average molecular weight is 307 g/mol. The number of carboxylic acids is 1. The first-order valence-electron chi connectivity index (χ1n) is 4.79. The molecule has 0 saturated carbocycles. The molecule has 3 amide bonds. The number of likely N-dealkylation sites (tertiary alicyclic amines) is 1. The van der Waals surface area contributed by atoms with E-state index in [0.717, 1.165) is 6.92 Å². The summed E-state index contributed by atoms with van der Waals surface area (Å²) in [6.45, 7) is 1.11. The van der Waals surface area contributed by atoms with Crippen molar-refractivity contribution in [2.24, 2.45) is 0 Å². The maximum absolute atomic E-state index is 11.5. The molecule has 1 aliphatic rings. The van der Waals surface area contributed by atoms with Crippen molar-refractivity contribution in [2.45, 2.75) is 25.4 Å². The minimum absolute atomic E-state index is 0.0358. The highest BCUT2D eigenvalue weighted by Crippen LogP contribution is 2.22. The third-order valence-electron chi connectivity index (χ3n) is 2.42. The Morgan fingerprint density at radius 2 is 1.88 bits per heavy atom. The van der Waals surface area contributed by atoms with Crippen LogP contribution in [0, 0.1) is 0 Å². The number of carbonyl (C=O) groups excluding carboxylic acids is 3. The van der Waals surface area contributed by atoms with Crippen LogP contribution < -0.4 is 5.32 Å². The summed E-state index contributed by atoms with van der Waals surface area (Å²) in [5.41, 5.74) is -2.03. The number of carbonyl (C=O) groups is 4. The molecule has 1 rings (SSSR count). The van der Waals surface area contributed by atoms with Gasteiger partial charge in [-0.1, -0.05) is 15.9 Å². The van der Waals surface area contributed by atoms with Gasteiger partial charge in [-0.3, -0.25) is 14.4 Å². The van der Waals surface area contributed by atoms with E-state index in [0.29, 0.717) is 4.90 Å². The van der Waals surface area contributed by atoms with E-state index in [1.807, 2.05) is 0 Å². The zero-order valence-electron chi connectivity index (χ0n) is 9.03. The van der Waals surface area contributed by atoms with E-state index in [-0.39, 0.29) is 18.2 Å². The van der Waals surface area contributed by atoms with Crippen molar-refractivity contribution in [3.05, 3.63) is 0 Å². The highest BCUT2D eigenvalue weighted by Gasteiger charge is 2.49. The Morgan fingerprint density at radius 3 is 2.24 bits per heavy atom. The quantitative estimate of drug-likeness (QED) is 0.535. The van der Waals surface area contributed by atoms with Crippen molar-refractivity contribution in [1.82, 2.24) is 10.2 Å². The van der Waals surface area contributed by atoms with Crippen LogP contribution in [0.1, 0.15) is 19.8 Å². The molecule has 0 radical (unpaired) electrons. The molecule has 8 heteroatoms. The lowest BCUT2D eigenvalue weighted by Gasteiger charge is -2.33. The van der Waals surface area contributed by atoms with E-state index >= 15 is 0 Å². The molecule has 94 valence electrons. The molecule has 1 saturated heterocycles. The molecule has 2 N–H and O–H groups in total. The maximum Gasteiger partial charge on any atom is 0.350 e. The molecule has 0 spiro atoms. The van der Waals surface area contributed by atoms with E-state index in [1.165, 1.54) is 0 Å². The van der Waals surface area contributed by atoms with Gasteiger partial charge in [-0.15, -0.1) is 0 Å². The van der Waals surface area contributed by atoms with Gasteiger partial charge in [0.15, 0.2) is 0 Å². The van der Waals surface area contributed by atoms with Crippen molar-refractivity contribution in [3.8, 4) is 0 Å². The van der Waals surface area contributed by atoms with Crippen LogP contribution in [0.15, 0.2) is 0 Å². The number of rotatable bonds is 4. The first kappa shape index (κ1) is 13.6. The first-order valence-corrected chi connectivity index (χ1v) is 5.91. The molecule has 1 aliphatic heterocycles. The van der Waals surface area contributed by atoms with E-state index in [1.54, 1.807) is 0 Å². The van der Waals surface area contributed by atoms with Gasteiger partial charge in [-0.05, 0) is 6.92 Å². The first-order chi connectivity index (χ1) is 7.82. The lowest BCUT2D eigenvalue weighted by molar-refractivity contribution is -0.165. The fraction of sp³-hybridized carbons (Fsp3) is 0.556. The predicted octanol–water partition coefficient (Wildman–Crippen LogP) is -0.553. The molecule has 17 heavy (non-hydrogen) atoms. The number of hydrogen-bond donors (Lipinski definition) is 2. The third-order valence-corrected chi connectivity index (χ3v) is 2.93. The van der Waals surface area contributed by atoms with Gasteiger partial charge in [0.25, 0.3) is 0 Å². The molecule has 0 bridgehead atoms. The Morgan fingerprint density at radius 1 is 1.41 bits per heavy atom. The van der Waals surface area contributed by atoms with Crippen LogP contribution in [-0.4, -0.2) is 44.7 Å². The highest BCUT2D eigenvalue weighted by molar-refractivity contribution is 9.09. The molecule has 1 atom stereocenters. The number of aliphatic carboxylic acids is 1. The zero-order chi connectivity index (χ0) is 13.2. The van der Waals surface area contributed by atoms with Gasteiger partial charge in [0.1, 0.15) is 0 Å². The second kappa shape index (κ2) is 4.82. The third kappa shape index (κ3) is 2.46. The smallest absolute Gasteiger partial charge is 0.350 e. The van der Waals surface area contributed by atoms with Gasteiger partial charge in [0.2, 0.25) is 23.4 Å². The van der Waals surface area contributed by atoms with Gasteiger partial charge in [-0.25, -0.2) is 9.69 Å². The molecule has 0 aliphatic carbocycles. The van der Waals surface area contributed by atoms with Crippen LogP contribution in [0.25, 0.3) is 0 Å². The number of carboxylic acid groups (broad SMARTS) is 1. The summed E-state index contributed by atoms with van der Waals surface area (Å²) in [4.78, 5) is 46.0. The lowest BCUT2D eigenvalue weighted by atomic mass is 10.1. The summed E-state index contributed by atoms with van der Waals surface area (Å²) in [5, 5.41) is 11.1. The number of hydrogen-bond acceptors (Lipinski definition) is 4. The Labute approximate surface area is 105 Å². The van der Waals surface area contributed by atoms with Gasteiger partial charge >= 0.3 is 5.97 Å². The SMILES string of the molecule is C[C@@](NC(=O)CBr)(C(=O)O)N1C(=O)CCC1=O. The molecular weight excluding hydrogens is 296 g/mol. The number of nitrogens with zero attached hydrogens (tertiary/aromatic N) is 1. The van der Waals surface area contributed by atoms with Crippen molar-refractivity contribution < 1.29 is 24.3 Å². The second-order valence-corrected chi connectivity index (χ2v) is 4.24. The van der Waals surface area contributed by atoms with Crippen molar-refractivity contribution >= 4 is 39.6 Å².